The summed E-state index contributed by atoms with van der Waals surface area (Å²) < 4.78 is 11.1. The normalized spacial score (nSPS) is 11.8. The first-order valence-corrected chi connectivity index (χ1v) is 10.2. The minimum Gasteiger partial charge on any atom is -0.496 e. The number of aromatic amines is 2. The molecule has 0 aliphatic heterocycles. The predicted molar refractivity (Wildman–Crippen MR) is 129 cm³/mol. The maximum absolute atomic E-state index is 12.4. The van der Waals surface area contributed by atoms with E-state index in [1.807, 2.05) is 42.5 Å². The second kappa shape index (κ2) is 9.28. The summed E-state index contributed by atoms with van der Waals surface area (Å²) in [6, 6.07) is 9.47. The molecule has 1 aromatic heterocycles. The molecule has 0 spiro atoms. The van der Waals surface area contributed by atoms with Crippen LogP contribution in [0.1, 0.15) is 43.0 Å². The summed E-state index contributed by atoms with van der Waals surface area (Å²) in [5.74, 6) is 0.724. The van der Waals surface area contributed by atoms with Gasteiger partial charge in [0.1, 0.15) is 5.75 Å². The molecule has 0 bridgehead atoms. The summed E-state index contributed by atoms with van der Waals surface area (Å²) in [5, 5.41) is 0. The number of benzene rings is 2. The van der Waals surface area contributed by atoms with Crippen LogP contribution in [0.25, 0.3) is 23.3 Å². The van der Waals surface area contributed by atoms with Gasteiger partial charge in [0.05, 0.1) is 19.3 Å². The Morgan fingerprint density at radius 2 is 1.75 bits per heavy atom. The highest BCUT2D eigenvalue weighted by Crippen LogP contribution is 2.38. The largest absolute Gasteiger partial charge is 0.496 e. The SMILES string of the molecule is COCc1cc(N)ccc1/C=C/c1cc(-c2c[nH]c(=O)[nH]c2=O)cc(C(C)(C)C)c1OC. The molecule has 0 saturated heterocycles. The van der Waals surface area contributed by atoms with Crippen LogP contribution in [0.2, 0.25) is 0 Å². The maximum Gasteiger partial charge on any atom is 0.325 e. The standard InChI is InChI=1S/C25H29N3O4/c1-25(2,3)21-12-17(20-13-27-24(30)28-23(20)29)10-16(22(21)32-5)7-6-15-8-9-19(26)11-18(15)14-31-4/h6-13H,14,26H2,1-5H3,(H2,27,28,29,30)/b7-6+. The molecule has 2 aromatic carbocycles. The van der Waals surface area contributed by atoms with Crippen LogP contribution in [0.3, 0.4) is 0 Å². The summed E-state index contributed by atoms with van der Waals surface area (Å²) in [5.41, 5.74) is 10.1. The first-order valence-electron chi connectivity index (χ1n) is 10.2. The summed E-state index contributed by atoms with van der Waals surface area (Å²) >= 11 is 0. The van der Waals surface area contributed by atoms with E-state index in [0.717, 1.165) is 28.0 Å². The van der Waals surface area contributed by atoms with Crippen LogP contribution in [0.5, 0.6) is 5.75 Å². The Hall–Kier alpha value is -3.58. The molecule has 3 rings (SSSR count). The van der Waals surface area contributed by atoms with Gasteiger partial charge < -0.3 is 20.2 Å². The van der Waals surface area contributed by atoms with Crippen molar-refractivity contribution in [2.75, 3.05) is 20.0 Å². The van der Waals surface area contributed by atoms with Crippen molar-refractivity contribution in [2.45, 2.75) is 32.8 Å². The number of ether oxygens (including phenoxy) is 2. The molecule has 1 heterocycles. The van der Waals surface area contributed by atoms with E-state index < -0.39 is 11.2 Å². The van der Waals surface area contributed by atoms with E-state index in [4.69, 9.17) is 15.2 Å². The summed E-state index contributed by atoms with van der Waals surface area (Å²) in [4.78, 5) is 28.7. The van der Waals surface area contributed by atoms with E-state index >= 15 is 0 Å². The molecule has 0 radical (unpaired) electrons. The van der Waals surface area contributed by atoms with Crippen LogP contribution in [-0.4, -0.2) is 24.2 Å². The highest BCUT2D eigenvalue weighted by Gasteiger charge is 2.23. The molecule has 0 aliphatic rings. The monoisotopic (exact) mass is 435 g/mol. The lowest BCUT2D eigenvalue weighted by Gasteiger charge is -2.24. The van der Waals surface area contributed by atoms with Crippen molar-refractivity contribution in [3.05, 3.63) is 79.6 Å². The third-order valence-corrected chi connectivity index (χ3v) is 5.17. The number of methoxy groups -OCH3 is 2. The number of aromatic nitrogens is 2. The van der Waals surface area contributed by atoms with Gasteiger partial charge in [-0.2, -0.15) is 0 Å². The Labute approximate surface area is 186 Å². The number of anilines is 1. The van der Waals surface area contributed by atoms with Crippen LogP contribution in [0.15, 0.2) is 46.1 Å². The molecule has 7 nitrogen and oxygen atoms in total. The quantitative estimate of drug-likeness (QED) is 0.401. The molecule has 0 saturated carbocycles. The van der Waals surface area contributed by atoms with E-state index in [1.165, 1.54) is 6.20 Å². The van der Waals surface area contributed by atoms with Crippen LogP contribution >= 0.6 is 0 Å². The minimum atomic E-state index is -0.544. The van der Waals surface area contributed by atoms with E-state index in [2.05, 4.69) is 30.7 Å². The third kappa shape index (κ3) is 5.00. The molecule has 0 amide bonds. The molecule has 0 atom stereocenters. The molecule has 32 heavy (non-hydrogen) atoms. The molecular formula is C25H29N3O4. The number of H-pyrrole nitrogens is 2. The van der Waals surface area contributed by atoms with E-state index in [-0.39, 0.29) is 5.41 Å². The summed E-state index contributed by atoms with van der Waals surface area (Å²) in [6.07, 6.45) is 5.35. The average Bonchev–Trinajstić information content (AvgIpc) is 2.72. The van der Waals surface area contributed by atoms with Crippen LogP contribution in [0.4, 0.5) is 5.69 Å². The zero-order valence-corrected chi connectivity index (χ0v) is 19.0. The first kappa shape index (κ1) is 23.1. The summed E-state index contributed by atoms with van der Waals surface area (Å²) in [6.45, 7) is 6.67. The number of rotatable bonds is 6. The average molecular weight is 436 g/mol. The van der Waals surface area contributed by atoms with E-state index in [0.29, 0.717) is 23.4 Å². The Kier molecular flexibility index (Phi) is 6.69. The van der Waals surface area contributed by atoms with Gasteiger partial charge in [-0.3, -0.25) is 9.78 Å². The lowest BCUT2D eigenvalue weighted by Crippen LogP contribution is -2.23. The molecule has 0 unspecified atom stereocenters. The number of nitrogen functional groups attached to an aromatic ring is 1. The second-order valence-corrected chi connectivity index (χ2v) is 8.61. The Bertz CT molecular complexity index is 1260. The van der Waals surface area contributed by atoms with Gasteiger partial charge in [0, 0.05) is 30.1 Å². The maximum atomic E-state index is 12.4. The smallest absolute Gasteiger partial charge is 0.325 e. The molecule has 7 heteroatoms. The van der Waals surface area contributed by atoms with Crippen molar-refractivity contribution in [3.8, 4) is 16.9 Å². The zero-order valence-electron chi connectivity index (χ0n) is 19.0. The zero-order chi connectivity index (χ0) is 23.5. The van der Waals surface area contributed by atoms with Gasteiger partial charge in [-0.1, -0.05) is 39.0 Å². The van der Waals surface area contributed by atoms with Gasteiger partial charge in [-0.15, -0.1) is 0 Å². The lowest BCUT2D eigenvalue weighted by molar-refractivity contribution is 0.185. The number of hydrogen-bond acceptors (Lipinski definition) is 5. The van der Waals surface area contributed by atoms with Crippen molar-refractivity contribution < 1.29 is 9.47 Å². The Morgan fingerprint density at radius 1 is 1.03 bits per heavy atom. The van der Waals surface area contributed by atoms with Gasteiger partial charge in [0.2, 0.25) is 0 Å². The lowest BCUT2D eigenvalue weighted by atomic mass is 9.83. The number of nitrogens with one attached hydrogen (secondary N) is 2. The van der Waals surface area contributed by atoms with Crippen LogP contribution in [-0.2, 0) is 16.8 Å². The van der Waals surface area contributed by atoms with Crippen molar-refractivity contribution in [1.82, 2.24) is 9.97 Å². The molecule has 3 aromatic rings. The van der Waals surface area contributed by atoms with Gasteiger partial charge in [0.15, 0.2) is 0 Å². The molecule has 0 fully saturated rings. The van der Waals surface area contributed by atoms with Crippen molar-refractivity contribution in [2.24, 2.45) is 0 Å². The highest BCUT2D eigenvalue weighted by molar-refractivity contribution is 5.79. The molecule has 168 valence electrons. The van der Waals surface area contributed by atoms with Gasteiger partial charge in [0.25, 0.3) is 5.56 Å². The molecular weight excluding hydrogens is 406 g/mol. The fraction of sp³-hybridized carbons (Fsp3) is 0.280. The predicted octanol–water partition coefficient (Wildman–Crippen LogP) is 3.94. The Morgan fingerprint density at radius 3 is 2.38 bits per heavy atom. The Balaban J connectivity index is 2.21. The minimum absolute atomic E-state index is 0.249. The van der Waals surface area contributed by atoms with Crippen molar-refractivity contribution >= 4 is 17.8 Å². The third-order valence-electron chi connectivity index (χ3n) is 5.17. The fourth-order valence-corrected chi connectivity index (χ4v) is 3.59. The van der Waals surface area contributed by atoms with Gasteiger partial charge in [-0.05, 0) is 46.4 Å². The number of nitrogens with two attached hydrogens (primary N) is 1. The van der Waals surface area contributed by atoms with Gasteiger partial charge in [-0.25, -0.2) is 4.79 Å². The van der Waals surface area contributed by atoms with Crippen molar-refractivity contribution in [3.63, 3.8) is 0 Å². The van der Waals surface area contributed by atoms with E-state index in [1.54, 1.807) is 14.2 Å². The van der Waals surface area contributed by atoms with Crippen molar-refractivity contribution in [1.29, 1.82) is 0 Å². The molecule has 0 aliphatic carbocycles. The number of hydrogen-bond donors (Lipinski definition) is 3. The first-order chi connectivity index (χ1) is 15.1. The summed E-state index contributed by atoms with van der Waals surface area (Å²) in [7, 11) is 3.27. The highest BCUT2D eigenvalue weighted by atomic mass is 16.5. The van der Waals surface area contributed by atoms with Gasteiger partial charge >= 0.3 is 5.69 Å². The second-order valence-electron chi connectivity index (χ2n) is 8.61. The topological polar surface area (TPSA) is 110 Å². The fourth-order valence-electron chi connectivity index (χ4n) is 3.59. The van der Waals surface area contributed by atoms with E-state index in [9.17, 15) is 9.59 Å². The molecule has 4 N–H and O–H groups in total. The van der Waals surface area contributed by atoms with Crippen LogP contribution in [0, 0.1) is 0 Å². The van der Waals surface area contributed by atoms with Crippen LogP contribution < -0.4 is 21.7 Å².